The number of para-hydroxylation sites is 1. The molecule has 1 fully saturated rings. The summed E-state index contributed by atoms with van der Waals surface area (Å²) >= 11 is 0. The number of hydrogen-bond donors (Lipinski definition) is 1. The standard InChI is InChI=1S/C16H16N4O/c21-16(15-10-12-4-1-2-5-14(12)18-15)19-9-6-13(11-19)20-8-3-7-17-20/h1-5,7-8,10,13,18H,6,9,11H2. The van der Waals surface area contributed by atoms with E-state index in [4.69, 9.17) is 0 Å². The molecule has 5 heteroatoms. The number of H-pyrrole nitrogens is 1. The molecule has 0 aliphatic carbocycles. The van der Waals surface area contributed by atoms with Gasteiger partial charge in [-0.3, -0.25) is 9.48 Å². The molecule has 2 aromatic heterocycles. The average molecular weight is 280 g/mol. The Hall–Kier alpha value is -2.56. The zero-order valence-corrected chi connectivity index (χ0v) is 11.6. The van der Waals surface area contributed by atoms with Crippen LogP contribution in [-0.2, 0) is 0 Å². The number of aromatic nitrogens is 3. The van der Waals surface area contributed by atoms with Gasteiger partial charge in [0, 0.05) is 36.4 Å². The van der Waals surface area contributed by atoms with E-state index in [0.717, 1.165) is 30.4 Å². The first kappa shape index (κ1) is 12.2. The van der Waals surface area contributed by atoms with Crippen LogP contribution in [0.4, 0.5) is 0 Å². The summed E-state index contributed by atoms with van der Waals surface area (Å²) in [5.74, 6) is 0.0702. The molecule has 1 saturated heterocycles. The van der Waals surface area contributed by atoms with Crippen LogP contribution >= 0.6 is 0 Å². The number of hydrogen-bond acceptors (Lipinski definition) is 2. The molecule has 106 valence electrons. The van der Waals surface area contributed by atoms with Gasteiger partial charge in [-0.05, 0) is 24.6 Å². The van der Waals surface area contributed by atoms with E-state index in [1.54, 1.807) is 6.20 Å². The Morgan fingerprint density at radius 2 is 2.19 bits per heavy atom. The first-order valence-electron chi connectivity index (χ1n) is 7.17. The summed E-state index contributed by atoms with van der Waals surface area (Å²) in [6, 6.07) is 12.1. The first-order chi connectivity index (χ1) is 10.3. The molecule has 4 rings (SSSR count). The van der Waals surface area contributed by atoms with Gasteiger partial charge in [0.2, 0.25) is 0 Å². The maximum atomic E-state index is 12.6. The summed E-state index contributed by atoms with van der Waals surface area (Å²) in [6.07, 6.45) is 4.69. The van der Waals surface area contributed by atoms with Crippen LogP contribution < -0.4 is 0 Å². The van der Waals surface area contributed by atoms with E-state index in [0.29, 0.717) is 5.69 Å². The molecular formula is C16H16N4O. The summed E-state index contributed by atoms with van der Waals surface area (Å²) < 4.78 is 1.94. The van der Waals surface area contributed by atoms with E-state index in [1.807, 2.05) is 52.2 Å². The first-order valence-corrected chi connectivity index (χ1v) is 7.17. The van der Waals surface area contributed by atoms with Gasteiger partial charge < -0.3 is 9.88 Å². The molecular weight excluding hydrogens is 264 g/mol. The highest BCUT2D eigenvalue weighted by Crippen LogP contribution is 2.23. The number of benzene rings is 1. The molecule has 1 amide bonds. The summed E-state index contributed by atoms with van der Waals surface area (Å²) in [5.41, 5.74) is 1.67. The quantitative estimate of drug-likeness (QED) is 0.784. The second kappa shape index (κ2) is 4.77. The van der Waals surface area contributed by atoms with E-state index in [-0.39, 0.29) is 11.9 Å². The van der Waals surface area contributed by atoms with E-state index >= 15 is 0 Å². The van der Waals surface area contributed by atoms with Gasteiger partial charge in [0.15, 0.2) is 0 Å². The van der Waals surface area contributed by atoms with Crippen LogP contribution in [0.5, 0.6) is 0 Å². The van der Waals surface area contributed by atoms with E-state index in [2.05, 4.69) is 10.1 Å². The lowest BCUT2D eigenvalue weighted by Crippen LogP contribution is -2.29. The third kappa shape index (κ3) is 2.11. The highest BCUT2D eigenvalue weighted by Gasteiger charge is 2.28. The molecule has 1 N–H and O–H groups in total. The van der Waals surface area contributed by atoms with Crippen molar-refractivity contribution in [2.75, 3.05) is 13.1 Å². The van der Waals surface area contributed by atoms with Gasteiger partial charge in [0.25, 0.3) is 5.91 Å². The van der Waals surface area contributed by atoms with Crippen LogP contribution in [0.1, 0.15) is 23.0 Å². The summed E-state index contributed by atoms with van der Waals surface area (Å²) in [5, 5.41) is 5.34. The SMILES string of the molecule is O=C(c1cc2ccccc2[nH]1)N1CCC(n2cccn2)C1. The van der Waals surface area contributed by atoms with Crippen molar-refractivity contribution in [1.29, 1.82) is 0 Å². The molecule has 21 heavy (non-hydrogen) atoms. The molecule has 1 aliphatic heterocycles. The highest BCUT2D eigenvalue weighted by atomic mass is 16.2. The number of carbonyl (C=O) groups excluding carboxylic acids is 1. The minimum Gasteiger partial charge on any atom is -0.351 e. The Balaban J connectivity index is 1.55. The normalized spacial score (nSPS) is 18.5. The van der Waals surface area contributed by atoms with Gasteiger partial charge in [-0.2, -0.15) is 5.10 Å². The summed E-state index contributed by atoms with van der Waals surface area (Å²) in [7, 11) is 0. The molecule has 3 heterocycles. The van der Waals surface area contributed by atoms with Crippen LogP contribution in [0.15, 0.2) is 48.8 Å². The van der Waals surface area contributed by atoms with Crippen molar-refractivity contribution in [3.8, 4) is 0 Å². The number of nitrogens with zero attached hydrogens (tertiary/aromatic N) is 3. The largest absolute Gasteiger partial charge is 0.351 e. The van der Waals surface area contributed by atoms with Gasteiger partial charge >= 0.3 is 0 Å². The maximum Gasteiger partial charge on any atom is 0.270 e. The highest BCUT2D eigenvalue weighted by molar-refractivity contribution is 5.98. The molecule has 1 aliphatic rings. The van der Waals surface area contributed by atoms with E-state index in [1.165, 1.54) is 0 Å². The molecule has 0 spiro atoms. The maximum absolute atomic E-state index is 12.6. The van der Waals surface area contributed by atoms with E-state index in [9.17, 15) is 4.79 Å². The van der Waals surface area contributed by atoms with Gasteiger partial charge in [-0.25, -0.2) is 0 Å². The fraction of sp³-hybridized carbons (Fsp3) is 0.250. The van der Waals surface area contributed by atoms with Crippen molar-refractivity contribution < 1.29 is 4.79 Å². The third-order valence-corrected chi connectivity index (χ3v) is 4.11. The van der Waals surface area contributed by atoms with Crippen molar-refractivity contribution in [3.63, 3.8) is 0 Å². The Morgan fingerprint density at radius 3 is 3.00 bits per heavy atom. The second-order valence-electron chi connectivity index (χ2n) is 5.45. The van der Waals surface area contributed by atoms with Crippen LogP contribution in [0.25, 0.3) is 10.9 Å². The third-order valence-electron chi connectivity index (χ3n) is 4.11. The summed E-state index contributed by atoms with van der Waals surface area (Å²) in [4.78, 5) is 17.7. The number of rotatable bonds is 2. The minimum absolute atomic E-state index is 0.0702. The summed E-state index contributed by atoms with van der Waals surface area (Å²) in [6.45, 7) is 1.49. The minimum atomic E-state index is 0.0702. The van der Waals surface area contributed by atoms with Crippen LogP contribution in [0.2, 0.25) is 0 Å². The second-order valence-corrected chi connectivity index (χ2v) is 5.45. The number of amides is 1. The number of aromatic amines is 1. The molecule has 1 unspecified atom stereocenters. The van der Waals surface area contributed by atoms with Crippen LogP contribution in [0.3, 0.4) is 0 Å². The molecule has 0 bridgehead atoms. The number of likely N-dealkylation sites (tertiary alicyclic amines) is 1. The lowest BCUT2D eigenvalue weighted by atomic mass is 10.2. The van der Waals surface area contributed by atoms with Crippen molar-refractivity contribution in [2.24, 2.45) is 0 Å². The molecule has 1 atom stereocenters. The monoisotopic (exact) mass is 280 g/mol. The fourth-order valence-electron chi connectivity index (χ4n) is 3.00. The predicted molar refractivity (Wildman–Crippen MR) is 80.1 cm³/mol. The molecule has 5 nitrogen and oxygen atoms in total. The van der Waals surface area contributed by atoms with Crippen molar-refractivity contribution >= 4 is 16.8 Å². The molecule has 0 saturated carbocycles. The topological polar surface area (TPSA) is 53.9 Å². The smallest absolute Gasteiger partial charge is 0.270 e. The zero-order valence-electron chi connectivity index (χ0n) is 11.6. The van der Waals surface area contributed by atoms with E-state index < -0.39 is 0 Å². The van der Waals surface area contributed by atoms with Crippen molar-refractivity contribution in [2.45, 2.75) is 12.5 Å². The number of nitrogens with one attached hydrogen (secondary N) is 1. The van der Waals surface area contributed by atoms with Gasteiger partial charge in [-0.15, -0.1) is 0 Å². The van der Waals surface area contributed by atoms with Gasteiger partial charge in [0.1, 0.15) is 5.69 Å². The number of carbonyl (C=O) groups is 1. The molecule has 3 aromatic rings. The molecule has 1 aromatic carbocycles. The zero-order chi connectivity index (χ0) is 14.2. The Kier molecular flexibility index (Phi) is 2.77. The van der Waals surface area contributed by atoms with Crippen LogP contribution in [-0.4, -0.2) is 38.7 Å². The van der Waals surface area contributed by atoms with Gasteiger partial charge in [-0.1, -0.05) is 18.2 Å². The Bertz CT molecular complexity index is 742. The molecule has 0 radical (unpaired) electrons. The predicted octanol–water partition coefficient (Wildman–Crippen LogP) is 2.45. The lowest BCUT2D eigenvalue weighted by molar-refractivity contribution is 0.0782. The average Bonchev–Trinajstić information content (AvgIpc) is 3.24. The van der Waals surface area contributed by atoms with Crippen LogP contribution in [0, 0.1) is 0 Å². The number of fused-ring (bicyclic) bond motifs is 1. The Morgan fingerprint density at radius 1 is 1.29 bits per heavy atom. The van der Waals surface area contributed by atoms with Gasteiger partial charge in [0.05, 0.1) is 6.04 Å². The van der Waals surface area contributed by atoms with Crippen molar-refractivity contribution in [1.82, 2.24) is 19.7 Å². The lowest BCUT2D eigenvalue weighted by Gasteiger charge is -2.15. The van der Waals surface area contributed by atoms with Crippen molar-refractivity contribution in [3.05, 3.63) is 54.5 Å². The fourth-order valence-corrected chi connectivity index (χ4v) is 3.00. The Labute approximate surface area is 122 Å².